The van der Waals surface area contributed by atoms with Crippen LogP contribution in [0.3, 0.4) is 0 Å². The second-order valence-electron chi connectivity index (χ2n) is 6.98. The summed E-state index contributed by atoms with van der Waals surface area (Å²) in [6, 6.07) is 13.7. The van der Waals surface area contributed by atoms with Crippen molar-refractivity contribution in [2.75, 3.05) is 19.6 Å². The average molecular weight is 421 g/mol. The molecule has 0 bridgehead atoms. The Morgan fingerprint density at radius 2 is 1.54 bits per heavy atom. The first kappa shape index (κ1) is 20.8. The fraction of sp³-hybridized carbons (Fsp3) is 0.381. The van der Waals surface area contributed by atoms with Crippen molar-refractivity contribution in [1.82, 2.24) is 9.62 Å². The van der Waals surface area contributed by atoms with Gasteiger partial charge in [0, 0.05) is 30.2 Å². The Bertz CT molecular complexity index is 888. The van der Waals surface area contributed by atoms with Gasteiger partial charge >= 0.3 is 0 Å². The number of amides is 1. The molecule has 0 radical (unpaired) electrons. The van der Waals surface area contributed by atoms with Crippen molar-refractivity contribution in [3.63, 3.8) is 0 Å². The number of benzene rings is 2. The van der Waals surface area contributed by atoms with Crippen molar-refractivity contribution in [3.05, 3.63) is 64.7 Å². The van der Waals surface area contributed by atoms with Gasteiger partial charge in [-0.1, -0.05) is 36.6 Å². The van der Waals surface area contributed by atoms with Crippen LogP contribution in [0, 0.1) is 0 Å². The first-order valence-electron chi connectivity index (χ1n) is 9.60. The van der Waals surface area contributed by atoms with Gasteiger partial charge in [0.2, 0.25) is 10.0 Å². The van der Waals surface area contributed by atoms with E-state index in [1.165, 1.54) is 12.1 Å². The van der Waals surface area contributed by atoms with Crippen LogP contribution in [0.2, 0.25) is 5.02 Å². The quantitative estimate of drug-likeness (QED) is 0.771. The molecule has 1 aliphatic heterocycles. The summed E-state index contributed by atoms with van der Waals surface area (Å²) < 4.78 is 27.1. The molecular weight excluding hydrogens is 396 g/mol. The van der Waals surface area contributed by atoms with Gasteiger partial charge in [-0.15, -0.1) is 0 Å². The molecule has 0 saturated carbocycles. The van der Waals surface area contributed by atoms with Crippen LogP contribution in [0.25, 0.3) is 0 Å². The fourth-order valence-electron chi connectivity index (χ4n) is 3.28. The van der Waals surface area contributed by atoms with Crippen LogP contribution < -0.4 is 5.32 Å². The lowest BCUT2D eigenvalue weighted by Gasteiger charge is -2.20. The van der Waals surface area contributed by atoms with Gasteiger partial charge in [-0.25, -0.2) is 8.42 Å². The second kappa shape index (κ2) is 9.54. The molecule has 1 fully saturated rings. The van der Waals surface area contributed by atoms with E-state index in [4.69, 9.17) is 11.6 Å². The van der Waals surface area contributed by atoms with Crippen LogP contribution in [0.5, 0.6) is 0 Å². The maximum atomic E-state index is 12.8. The molecule has 1 saturated heterocycles. The highest BCUT2D eigenvalue weighted by molar-refractivity contribution is 7.89. The Balaban J connectivity index is 1.58. The van der Waals surface area contributed by atoms with Crippen molar-refractivity contribution in [3.8, 4) is 0 Å². The summed E-state index contributed by atoms with van der Waals surface area (Å²) in [5.41, 5.74) is 1.54. The van der Waals surface area contributed by atoms with E-state index in [9.17, 15) is 13.2 Å². The zero-order valence-electron chi connectivity index (χ0n) is 15.7. The number of rotatable bonds is 6. The lowest BCUT2D eigenvalue weighted by Crippen LogP contribution is -2.32. The minimum absolute atomic E-state index is 0.215. The molecular formula is C21H25ClN2O3S. The van der Waals surface area contributed by atoms with E-state index in [2.05, 4.69) is 5.32 Å². The predicted molar refractivity (Wildman–Crippen MR) is 111 cm³/mol. The summed E-state index contributed by atoms with van der Waals surface area (Å²) in [5, 5.41) is 3.54. The number of nitrogens with one attached hydrogen (secondary N) is 1. The van der Waals surface area contributed by atoms with Gasteiger partial charge in [-0.2, -0.15) is 4.31 Å². The summed E-state index contributed by atoms with van der Waals surface area (Å²) in [7, 11) is -3.49. The summed E-state index contributed by atoms with van der Waals surface area (Å²) >= 11 is 5.86. The number of halogens is 1. The van der Waals surface area contributed by atoms with Crippen molar-refractivity contribution in [2.45, 2.75) is 37.0 Å². The van der Waals surface area contributed by atoms with Crippen LogP contribution >= 0.6 is 11.6 Å². The number of hydrogen-bond donors (Lipinski definition) is 1. The molecule has 1 N–H and O–H groups in total. The number of sulfonamides is 1. The molecule has 3 rings (SSSR count). The van der Waals surface area contributed by atoms with Crippen LogP contribution in [0.4, 0.5) is 0 Å². The largest absolute Gasteiger partial charge is 0.352 e. The SMILES string of the molecule is O=C(NCCc1ccc(Cl)cc1)c1ccc(S(=O)(=O)N2CCCCCC2)cc1. The average Bonchev–Trinajstić information content (AvgIpc) is 3.00. The zero-order valence-corrected chi connectivity index (χ0v) is 17.3. The molecule has 0 aliphatic carbocycles. The molecule has 0 aromatic heterocycles. The number of carbonyl (C=O) groups excluding carboxylic acids is 1. The topological polar surface area (TPSA) is 66.5 Å². The standard InChI is InChI=1S/C21H25ClN2O3S/c22-19-9-5-17(6-10-19)13-14-23-21(25)18-7-11-20(12-8-18)28(26,27)24-15-3-1-2-4-16-24/h5-12H,1-4,13-16H2,(H,23,25). The molecule has 0 atom stereocenters. The summed E-state index contributed by atoms with van der Waals surface area (Å²) in [6.45, 7) is 1.62. The van der Waals surface area contributed by atoms with Crippen molar-refractivity contribution < 1.29 is 13.2 Å². The third kappa shape index (κ3) is 5.34. The molecule has 150 valence electrons. The highest BCUT2D eigenvalue weighted by Gasteiger charge is 2.25. The first-order chi connectivity index (χ1) is 13.5. The fourth-order valence-corrected chi connectivity index (χ4v) is 4.93. The van der Waals surface area contributed by atoms with E-state index < -0.39 is 10.0 Å². The van der Waals surface area contributed by atoms with Crippen LogP contribution in [0.1, 0.15) is 41.6 Å². The number of hydrogen-bond acceptors (Lipinski definition) is 3. The van der Waals surface area contributed by atoms with Gasteiger partial charge in [-0.05, 0) is 61.2 Å². The predicted octanol–water partition coefficient (Wildman–Crippen LogP) is 3.88. The Morgan fingerprint density at radius 1 is 0.929 bits per heavy atom. The monoisotopic (exact) mass is 420 g/mol. The highest BCUT2D eigenvalue weighted by Crippen LogP contribution is 2.20. The maximum Gasteiger partial charge on any atom is 0.251 e. The van der Waals surface area contributed by atoms with Crippen molar-refractivity contribution in [1.29, 1.82) is 0 Å². The summed E-state index contributed by atoms with van der Waals surface area (Å²) in [4.78, 5) is 12.5. The van der Waals surface area contributed by atoms with Gasteiger partial charge in [-0.3, -0.25) is 4.79 Å². The van der Waals surface area contributed by atoms with E-state index in [-0.39, 0.29) is 10.8 Å². The van der Waals surface area contributed by atoms with Gasteiger partial charge in [0.1, 0.15) is 0 Å². The molecule has 0 spiro atoms. The van der Waals surface area contributed by atoms with E-state index in [1.807, 2.05) is 24.3 Å². The molecule has 2 aromatic rings. The Morgan fingerprint density at radius 3 is 2.14 bits per heavy atom. The number of nitrogens with zero attached hydrogens (tertiary/aromatic N) is 1. The molecule has 5 nitrogen and oxygen atoms in total. The van der Waals surface area contributed by atoms with Crippen LogP contribution in [-0.4, -0.2) is 38.3 Å². The molecule has 2 aromatic carbocycles. The van der Waals surface area contributed by atoms with Crippen molar-refractivity contribution in [2.24, 2.45) is 0 Å². The second-order valence-corrected chi connectivity index (χ2v) is 9.35. The van der Waals surface area contributed by atoms with Gasteiger partial charge in [0.15, 0.2) is 0 Å². The lowest BCUT2D eigenvalue weighted by molar-refractivity contribution is 0.0954. The van der Waals surface area contributed by atoms with E-state index in [0.717, 1.165) is 31.2 Å². The summed E-state index contributed by atoms with van der Waals surface area (Å²) in [6.07, 6.45) is 4.63. The zero-order chi connectivity index (χ0) is 20.0. The van der Waals surface area contributed by atoms with Crippen LogP contribution in [0.15, 0.2) is 53.4 Å². The Kier molecular flexibility index (Phi) is 7.10. The highest BCUT2D eigenvalue weighted by atomic mass is 35.5. The van der Waals surface area contributed by atoms with Gasteiger partial charge < -0.3 is 5.32 Å². The van der Waals surface area contributed by atoms with E-state index >= 15 is 0 Å². The molecule has 1 heterocycles. The minimum atomic E-state index is -3.49. The first-order valence-corrected chi connectivity index (χ1v) is 11.4. The normalized spacial score (nSPS) is 15.8. The maximum absolute atomic E-state index is 12.8. The lowest BCUT2D eigenvalue weighted by atomic mass is 10.1. The smallest absolute Gasteiger partial charge is 0.251 e. The Hall–Kier alpha value is -1.89. The third-order valence-electron chi connectivity index (χ3n) is 4.93. The molecule has 0 unspecified atom stereocenters. The van der Waals surface area contributed by atoms with Gasteiger partial charge in [0.25, 0.3) is 5.91 Å². The number of carbonyl (C=O) groups is 1. The van der Waals surface area contributed by atoms with Crippen molar-refractivity contribution >= 4 is 27.5 Å². The Labute approximate surface area is 171 Å². The molecule has 7 heteroatoms. The third-order valence-corrected chi connectivity index (χ3v) is 7.10. The van der Waals surface area contributed by atoms with Crippen LogP contribution in [-0.2, 0) is 16.4 Å². The minimum Gasteiger partial charge on any atom is -0.352 e. The molecule has 1 aliphatic rings. The summed E-state index contributed by atoms with van der Waals surface area (Å²) in [5.74, 6) is -0.215. The molecule has 1 amide bonds. The van der Waals surface area contributed by atoms with Gasteiger partial charge in [0.05, 0.1) is 4.90 Å². The molecule has 28 heavy (non-hydrogen) atoms. The van der Waals surface area contributed by atoms with E-state index in [0.29, 0.717) is 36.6 Å². The van der Waals surface area contributed by atoms with E-state index in [1.54, 1.807) is 16.4 Å².